The van der Waals surface area contributed by atoms with Crippen molar-refractivity contribution in [2.45, 2.75) is 37.8 Å². The van der Waals surface area contributed by atoms with Gasteiger partial charge in [-0.05, 0) is 25.3 Å². The average molecular weight is 256 g/mol. The molecule has 0 spiro atoms. The number of nitrogens with two attached hydrogens (primary N) is 1. The minimum Gasteiger partial charge on any atom is -0.469 e. The fraction of sp³-hybridized carbons (Fsp3) is 0.923. The third kappa shape index (κ3) is 3.22. The van der Waals surface area contributed by atoms with Crippen LogP contribution in [0.4, 0.5) is 0 Å². The molecular weight excluding hydrogens is 232 g/mol. The number of hydrogen-bond donors (Lipinski definition) is 1. The van der Waals surface area contributed by atoms with E-state index in [1.54, 1.807) is 0 Å². The maximum Gasteiger partial charge on any atom is 0.308 e. The lowest BCUT2D eigenvalue weighted by atomic mass is 10.0. The lowest BCUT2D eigenvalue weighted by Gasteiger charge is -2.38. The van der Waals surface area contributed by atoms with Gasteiger partial charge in [0.15, 0.2) is 0 Å². The van der Waals surface area contributed by atoms with Gasteiger partial charge in [0.05, 0.1) is 26.2 Å². The Hall–Kier alpha value is -0.650. The van der Waals surface area contributed by atoms with E-state index >= 15 is 0 Å². The number of ether oxygens (including phenoxy) is 2. The molecule has 5 heteroatoms. The van der Waals surface area contributed by atoms with Gasteiger partial charge in [-0.3, -0.25) is 9.69 Å². The molecule has 2 fully saturated rings. The van der Waals surface area contributed by atoms with Crippen molar-refractivity contribution in [2.75, 3.05) is 33.4 Å². The van der Waals surface area contributed by atoms with Crippen LogP contribution in [0.2, 0.25) is 0 Å². The number of hydrogen-bond acceptors (Lipinski definition) is 5. The van der Waals surface area contributed by atoms with Crippen LogP contribution in [0.5, 0.6) is 0 Å². The van der Waals surface area contributed by atoms with Crippen LogP contribution in [0.25, 0.3) is 0 Å². The van der Waals surface area contributed by atoms with Gasteiger partial charge in [-0.2, -0.15) is 0 Å². The molecule has 0 aromatic carbocycles. The topological polar surface area (TPSA) is 64.8 Å². The smallest absolute Gasteiger partial charge is 0.308 e. The molecule has 0 radical (unpaired) electrons. The summed E-state index contributed by atoms with van der Waals surface area (Å²) < 4.78 is 10.3. The van der Waals surface area contributed by atoms with Crippen LogP contribution in [0.15, 0.2) is 0 Å². The highest BCUT2D eigenvalue weighted by Gasteiger charge is 2.34. The monoisotopic (exact) mass is 256 g/mol. The molecule has 1 aliphatic heterocycles. The summed E-state index contributed by atoms with van der Waals surface area (Å²) >= 11 is 0. The van der Waals surface area contributed by atoms with Crippen molar-refractivity contribution in [3.8, 4) is 0 Å². The number of morpholine rings is 1. The standard InChI is InChI=1S/C13H24N2O3/c1-17-13(16)7-11-9-15(5-6-18-11)12-4-2-3-10(12)8-14/h10-12H,2-9,14H2,1H3. The number of nitrogens with zero attached hydrogens (tertiary/aromatic N) is 1. The first-order valence-corrected chi connectivity index (χ1v) is 6.87. The minimum atomic E-state index is -0.191. The summed E-state index contributed by atoms with van der Waals surface area (Å²) in [5.41, 5.74) is 5.84. The molecule has 1 saturated heterocycles. The molecule has 2 rings (SSSR count). The van der Waals surface area contributed by atoms with Crippen LogP contribution in [0.1, 0.15) is 25.7 Å². The second-order valence-corrected chi connectivity index (χ2v) is 5.26. The van der Waals surface area contributed by atoms with Crippen molar-refractivity contribution >= 4 is 5.97 Å². The van der Waals surface area contributed by atoms with Gasteiger partial charge in [0.25, 0.3) is 0 Å². The number of carbonyl (C=O) groups is 1. The molecule has 3 atom stereocenters. The van der Waals surface area contributed by atoms with Gasteiger partial charge in [0.2, 0.25) is 0 Å². The molecule has 0 aromatic rings. The highest BCUT2D eigenvalue weighted by Crippen LogP contribution is 2.30. The maximum absolute atomic E-state index is 11.3. The number of esters is 1. The lowest BCUT2D eigenvalue weighted by molar-refractivity contribution is -0.146. The third-order valence-corrected chi connectivity index (χ3v) is 4.18. The van der Waals surface area contributed by atoms with E-state index in [9.17, 15) is 4.79 Å². The summed E-state index contributed by atoms with van der Waals surface area (Å²) in [4.78, 5) is 13.7. The summed E-state index contributed by atoms with van der Waals surface area (Å²) in [6.07, 6.45) is 4.07. The molecule has 2 aliphatic rings. The first-order chi connectivity index (χ1) is 8.74. The van der Waals surface area contributed by atoms with E-state index < -0.39 is 0 Å². The number of rotatable bonds is 4. The number of methoxy groups -OCH3 is 1. The largest absolute Gasteiger partial charge is 0.469 e. The van der Waals surface area contributed by atoms with Gasteiger partial charge in [0, 0.05) is 19.1 Å². The Labute approximate surface area is 109 Å². The van der Waals surface area contributed by atoms with E-state index in [1.807, 2.05) is 0 Å². The molecule has 0 amide bonds. The van der Waals surface area contributed by atoms with Crippen molar-refractivity contribution < 1.29 is 14.3 Å². The van der Waals surface area contributed by atoms with Gasteiger partial charge >= 0.3 is 5.97 Å². The Bertz CT molecular complexity index is 285. The van der Waals surface area contributed by atoms with Gasteiger partial charge in [-0.1, -0.05) is 6.42 Å². The van der Waals surface area contributed by atoms with Crippen LogP contribution in [0, 0.1) is 5.92 Å². The Kier molecular flexibility index (Phi) is 4.97. The van der Waals surface area contributed by atoms with Crippen LogP contribution in [0.3, 0.4) is 0 Å². The van der Waals surface area contributed by atoms with E-state index in [0.29, 0.717) is 25.0 Å². The zero-order valence-corrected chi connectivity index (χ0v) is 11.1. The second-order valence-electron chi connectivity index (χ2n) is 5.26. The Morgan fingerprint density at radius 3 is 3.06 bits per heavy atom. The molecule has 1 heterocycles. The Balaban J connectivity index is 1.88. The van der Waals surface area contributed by atoms with Crippen molar-refractivity contribution in [2.24, 2.45) is 11.7 Å². The van der Waals surface area contributed by atoms with E-state index in [4.69, 9.17) is 15.2 Å². The van der Waals surface area contributed by atoms with Crippen LogP contribution in [-0.2, 0) is 14.3 Å². The second kappa shape index (κ2) is 6.50. The van der Waals surface area contributed by atoms with Crippen molar-refractivity contribution in [1.29, 1.82) is 0 Å². The molecular formula is C13H24N2O3. The average Bonchev–Trinajstić information content (AvgIpc) is 2.87. The van der Waals surface area contributed by atoms with Crippen molar-refractivity contribution in [3.63, 3.8) is 0 Å². The van der Waals surface area contributed by atoms with E-state index in [-0.39, 0.29) is 12.1 Å². The first kappa shape index (κ1) is 13.8. The molecule has 5 nitrogen and oxygen atoms in total. The molecule has 1 saturated carbocycles. The van der Waals surface area contributed by atoms with E-state index in [2.05, 4.69) is 4.90 Å². The Morgan fingerprint density at radius 2 is 2.33 bits per heavy atom. The molecule has 18 heavy (non-hydrogen) atoms. The molecule has 0 bridgehead atoms. The molecule has 3 unspecified atom stereocenters. The van der Waals surface area contributed by atoms with Crippen molar-refractivity contribution in [1.82, 2.24) is 4.90 Å². The van der Waals surface area contributed by atoms with E-state index in [1.165, 1.54) is 26.4 Å². The van der Waals surface area contributed by atoms with Gasteiger partial charge < -0.3 is 15.2 Å². The maximum atomic E-state index is 11.3. The number of carbonyl (C=O) groups excluding carboxylic acids is 1. The van der Waals surface area contributed by atoms with Crippen molar-refractivity contribution in [3.05, 3.63) is 0 Å². The fourth-order valence-electron chi connectivity index (χ4n) is 3.21. The van der Waals surface area contributed by atoms with Gasteiger partial charge in [-0.25, -0.2) is 0 Å². The predicted octanol–water partition coefficient (Wildman–Crippen LogP) is 0.378. The zero-order chi connectivity index (χ0) is 13.0. The van der Waals surface area contributed by atoms with E-state index in [0.717, 1.165) is 19.6 Å². The quantitative estimate of drug-likeness (QED) is 0.737. The molecule has 2 N–H and O–H groups in total. The first-order valence-electron chi connectivity index (χ1n) is 6.87. The summed E-state index contributed by atoms with van der Waals surface area (Å²) in [6, 6.07) is 0.582. The lowest BCUT2D eigenvalue weighted by Crippen LogP contribution is -2.50. The zero-order valence-electron chi connectivity index (χ0n) is 11.1. The van der Waals surface area contributed by atoms with Crippen LogP contribution in [-0.4, -0.2) is 56.4 Å². The SMILES string of the molecule is COC(=O)CC1CN(C2CCCC2CN)CCO1. The molecule has 1 aliphatic carbocycles. The summed E-state index contributed by atoms with van der Waals surface area (Å²) in [5.74, 6) is 0.422. The summed E-state index contributed by atoms with van der Waals surface area (Å²) in [7, 11) is 1.42. The highest BCUT2D eigenvalue weighted by molar-refractivity contribution is 5.69. The highest BCUT2D eigenvalue weighted by atomic mass is 16.5. The summed E-state index contributed by atoms with van der Waals surface area (Å²) in [6.45, 7) is 3.26. The van der Waals surface area contributed by atoms with Gasteiger partial charge in [0.1, 0.15) is 0 Å². The van der Waals surface area contributed by atoms with Crippen LogP contribution >= 0.6 is 0 Å². The van der Waals surface area contributed by atoms with Crippen LogP contribution < -0.4 is 5.73 Å². The molecule has 0 aromatic heterocycles. The Morgan fingerprint density at radius 1 is 1.50 bits per heavy atom. The summed E-state index contributed by atoms with van der Waals surface area (Å²) in [5, 5.41) is 0. The molecule has 104 valence electrons. The predicted molar refractivity (Wildman–Crippen MR) is 68.1 cm³/mol. The normalized spacial score (nSPS) is 33.6. The third-order valence-electron chi connectivity index (χ3n) is 4.18. The van der Waals surface area contributed by atoms with Gasteiger partial charge in [-0.15, -0.1) is 0 Å². The minimum absolute atomic E-state index is 0.0229. The fourth-order valence-corrected chi connectivity index (χ4v) is 3.21.